The average molecular weight is 286 g/mol. The van der Waals surface area contributed by atoms with E-state index in [1.807, 2.05) is 0 Å². The maximum absolute atomic E-state index is 12.4. The van der Waals surface area contributed by atoms with Crippen molar-refractivity contribution in [3.63, 3.8) is 0 Å². The second-order valence-corrected chi connectivity index (χ2v) is 7.00. The zero-order chi connectivity index (χ0) is 14.3. The molecule has 2 aliphatic carbocycles. The van der Waals surface area contributed by atoms with Crippen LogP contribution in [0.3, 0.4) is 0 Å². The summed E-state index contributed by atoms with van der Waals surface area (Å²) in [7, 11) is -4.51. The Labute approximate surface area is 110 Å². The minimum Gasteiger partial charge on any atom is -0.512 e. The highest BCUT2D eigenvalue weighted by molar-refractivity contribution is 7.94. The van der Waals surface area contributed by atoms with Crippen LogP contribution in [0.25, 0.3) is 0 Å². The van der Waals surface area contributed by atoms with Gasteiger partial charge in [-0.15, -0.1) is 0 Å². The van der Waals surface area contributed by atoms with Crippen LogP contribution in [0.2, 0.25) is 0 Å². The number of hydrogen-bond acceptors (Lipinski definition) is 6. The topological polar surface area (TPSA) is 115 Å². The molecule has 0 aliphatic heterocycles. The molecular formula is C12H14O6S. The van der Waals surface area contributed by atoms with E-state index in [0.717, 1.165) is 12.2 Å². The van der Waals surface area contributed by atoms with Crippen molar-refractivity contribution >= 4 is 9.84 Å². The summed E-state index contributed by atoms with van der Waals surface area (Å²) in [5, 5.41) is 39.1. The van der Waals surface area contributed by atoms with Gasteiger partial charge >= 0.3 is 0 Å². The summed E-state index contributed by atoms with van der Waals surface area (Å²) in [5.41, 5.74) is 0. The maximum atomic E-state index is 12.4. The van der Waals surface area contributed by atoms with E-state index >= 15 is 0 Å². The molecule has 19 heavy (non-hydrogen) atoms. The first-order valence-corrected chi connectivity index (χ1v) is 7.02. The molecule has 0 aromatic rings. The Bertz CT molecular complexity index is 564. The van der Waals surface area contributed by atoms with Gasteiger partial charge in [0, 0.05) is 0 Å². The standard InChI is InChI=1S/C12H14O6S/c13-9-3-1-5-11(15,7-9)19(17,18)12(16)6-2-4-10(14)8-12/h1-6,13-16H,7-8H2. The molecule has 0 fully saturated rings. The zero-order valence-electron chi connectivity index (χ0n) is 9.89. The molecule has 0 aromatic heterocycles. The van der Waals surface area contributed by atoms with Gasteiger partial charge in [-0.05, 0) is 24.3 Å². The molecular weight excluding hydrogens is 272 g/mol. The first-order chi connectivity index (χ1) is 8.70. The van der Waals surface area contributed by atoms with Crippen LogP contribution in [0, 0.1) is 0 Å². The van der Waals surface area contributed by atoms with Crippen molar-refractivity contribution in [2.45, 2.75) is 22.7 Å². The Morgan fingerprint density at radius 1 is 0.895 bits per heavy atom. The quantitative estimate of drug-likeness (QED) is 0.590. The average Bonchev–Trinajstić information content (AvgIpc) is 2.27. The molecule has 0 saturated carbocycles. The molecule has 0 radical (unpaired) electrons. The second-order valence-electron chi connectivity index (χ2n) is 4.58. The van der Waals surface area contributed by atoms with Gasteiger partial charge in [0.25, 0.3) is 0 Å². The molecule has 0 aromatic carbocycles. The first-order valence-electron chi connectivity index (χ1n) is 5.54. The van der Waals surface area contributed by atoms with Crippen molar-refractivity contribution in [2.24, 2.45) is 0 Å². The summed E-state index contributed by atoms with van der Waals surface area (Å²) >= 11 is 0. The van der Waals surface area contributed by atoms with E-state index < -0.39 is 32.5 Å². The van der Waals surface area contributed by atoms with Crippen molar-refractivity contribution in [3.05, 3.63) is 48.0 Å². The van der Waals surface area contributed by atoms with Gasteiger partial charge in [-0.1, -0.05) is 12.2 Å². The number of rotatable bonds is 2. The number of hydrogen-bond donors (Lipinski definition) is 4. The van der Waals surface area contributed by atoms with E-state index in [-0.39, 0.29) is 11.5 Å². The van der Waals surface area contributed by atoms with Gasteiger partial charge in [0.1, 0.15) is 0 Å². The van der Waals surface area contributed by atoms with E-state index in [1.54, 1.807) is 0 Å². The van der Waals surface area contributed by atoms with E-state index in [9.17, 15) is 28.8 Å². The molecule has 2 aliphatic rings. The van der Waals surface area contributed by atoms with Crippen molar-refractivity contribution in [1.29, 1.82) is 0 Å². The Morgan fingerprint density at radius 3 is 1.58 bits per heavy atom. The summed E-state index contributed by atoms with van der Waals surface area (Å²) in [6.07, 6.45) is 5.78. The summed E-state index contributed by atoms with van der Waals surface area (Å²) in [5.74, 6) is -0.617. The number of aliphatic hydroxyl groups is 4. The normalized spacial score (nSPS) is 34.8. The molecule has 7 heteroatoms. The largest absolute Gasteiger partial charge is 0.512 e. The fourth-order valence-electron chi connectivity index (χ4n) is 2.05. The van der Waals surface area contributed by atoms with E-state index in [1.165, 1.54) is 24.3 Å². The predicted molar refractivity (Wildman–Crippen MR) is 67.8 cm³/mol. The Hall–Kier alpha value is -1.57. The van der Waals surface area contributed by atoms with Crippen LogP contribution in [0.5, 0.6) is 0 Å². The van der Waals surface area contributed by atoms with Crippen molar-refractivity contribution < 1.29 is 28.8 Å². The van der Waals surface area contributed by atoms with Crippen LogP contribution in [-0.2, 0) is 9.84 Å². The minimum atomic E-state index is -4.51. The minimum absolute atomic E-state index is 0.309. The van der Waals surface area contributed by atoms with Crippen LogP contribution in [0.1, 0.15) is 12.8 Å². The third-order valence-corrected chi connectivity index (χ3v) is 5.51. The molecule has 0 saturated heterocycles. The fraction of sp³-hybridized carbons (Fsp3) is 0.333. The molecule has 4 N–H and O–H groups in total. The van der Waals surface area contributed by atoms with Crippen LogP contribution in [0.4, 0.5) is 0 Å². The van der Waals surface area contributed by atoms with Gasteiger partial charge in [0.2, 0.25) is 9.84 Å². The molecule has 0 heterocycles. The Balaban J connectivity index is 2.44. The van der Waals surface area contributed by atoms with Crippen LogP contribution in [0.15, 0.2) is 48.0 Å². The van der Waals surface area contributed by atoms with Crippen LogP contribution >= 0.6 is 0 Å². The lowest BCUT2D eigenvalue weighted by Crippen LogP contribution is -2.51. The van der Waals surface area contributed by atoms with E-state index in [4.69, 9.17) is 0 Å². The zero-order valence-corrected chi connectivity index (χ0v) is 10.7. The molecule has 6 nitrogen and oxygen atoms in total. The van der Waals surface area contributed by atoms with Crippen molar-refractivity contribution in [2.75, 3.05) is 0 Å². The monoisotopic (exact) mass is 286 g/mol. The predicted octanol–water partition coefficient (Wildman–Crippen LogP) is 0.582. The van der Waals surface area contributed by atoms with Gasteiger partial charge in [-0.25, -0.2) is 8.42 Å². The SMILES string of the molecule is O=S(=O)(C1(O)C=CC=C(O)C1)C1(O)C=CC=C(O)C1. The number of allylic oxidation sites excluding steroid dienone is 4. The van der Waals surface area contributed by atoms with Gasteiger partial charge in [0.15, 0.2) is 9.87 Å². The third-order valence-electron chi connectivity index (χ3n) is 3.09. The Kier molecular flexibility index (Phi) is 3.08. The van der Waals surface area contributed by atoms with Crippen LogP contribution in [-0.4, -0.2) is 38.7 Å². The lowest BCUT2D eigenvalue weighted by Gasteiger charge is -2.35. The lowest BCUT2D eigenvalue weighted by atomic mass is 10.1. The van der Waals surface area contributed by atoms with Gasteiger partial charge in [-0.2, -0.15) is 0 Å². The lowest BCUT2D eigenvalue weighted by molar-refractivity contribution is 0.115. The van der Waals surface area contributed by atoms with Gasteiger partial charge < -0.3 is 20.4 Å². The molecule has 0 amide bonds. The van der Waals surface area contributed by atoms with Gasteiger partial charge in [0.05, 0.1) is 24.4 Å². The van der Waals surface area contributed by atoms with E-state index in [0.29, 0.717) is 0 Å². The highest BCUT2D eigenvalue weighted by Gasteiger charge is 2.54. The molecule has 0 spiro atoms. The molecule has 0 bridgehead atoms. The molecule has 2 atom stereocenters. The summed E-state index contributed by atoms with van der Waals surface area (Å²) in [4.78, 5) is -4.83. The Morgan fingerprint density at radius 2 is 1.26 bits per heavy atom. The van der Waals surface area contributed by atoms with Crippen molar-refractivity contribution in [1.82, 2.24) is 0 Å². The summed E-state index contributed by atoms with van der Waals surface area (Å²) < 4.78 is 24.8. The van der Waals surface area contributed by atoms with E-state index in [2.05, 4.69) is 0 Å². The maximum Gasteiger partial charge on any atom is 0.217 e. The van der Waals surface area contributed by atoms with Crippen LogP contribution < -0.4 is 0 Å². The smallest absolute Gasteiger partial charge is 0.217 e. The first kappa shape index (κ1) is 13.9. The fourth-order valence-corrected chi connectivity index (χ4v) is 3.85. The number of sulfone groups is 1. The third kappa shape index (κ3) is 2.09. The highest BCUT2D eigenvalue weighted by Crippen LogP contribution is 2.38. The highest BCUT2D eigenvalue weighted by atomic mass is 32.2. The second kappa shape index (κ2) is 4.22. The van der Waals surface area contributed by atoms with Gasteiger partial charge in [-0.3, -0.25) is 0 Å². The summed E-state index contributed by atoms with van der Waals surface area (Å²) in [6, 6.07) is 0. The summed E-state index contributed by atoms with van der Waals surface area (Å²) in [6.45, 7) is 0. The molecule has 2 rings (SSSR count). The number of aliphatic hydroxyl groups excluding tert-OH is 2. The molecule has 104 valence electrons. The van der Waals surface area contributed by atoms with Crippen molar-refractivity contribution in [3.8, 4) is 0 Å². The molecule has 2 unspecified atom stereocenters.